The number of carbonyl (C=O) groups excluding carboxylic acids is 1. The second kappa shape index (κ2) is 5.83. The van der Waals surface area contributed by atoms with Gasteiger partial charge in [0.15, 0.2) is 0 Å². The Morgan fingerprint density at radius 1 is 1.29 bits per heavy atom. The average Bonchev–Trinajstić information content (AvgIpc) is 2.32. The monoisotopic (exact) mass is 240 g/mol. The molecule has 0 aromatic heterocycles. The maximum absolute atomic E-state index is 12.2. The van der Waals surface area contributed by atoms with Crippen LogP contribution in [-0.2, 0) is 9.53 Å². The van der Waals surface area contributed by atoms with Gasteiger partial charge in [-0.05, 0) is 33.2 Å². The second-order valence-electron chi connectivity index (χ2n) is 5.34. The second-order valence-corrected chi connectivity index (χ2v) is 5.34. The van der Waals surface area contributed by atoms with Crippen molar-refractivity contribution in [1.29, 1.82) is 0 Å². The molecule has 0 N–H and O–H groups in total. The van der Waals surface area contributed by atoms with Gasteiger partial charge in [-0.2, -0.15) is 0 Å². The number of piperidine rings is 1. The lowest BCUT2D eigenvalue weighted by Gasteiger charge is -2.36. The number of hydrogen-bond acceptors (Lipinski definition) is 3. The first kappa shape index (κ1) is 12.8. The maximum Gasteiger partial charge on any atom is 0.236 e. The van der Waals surface area contributed by atoms with Gasteiger partial charge in [0.2, 0.25) is 5.91 Å². The summed E-state index contributed by atoms with van der Waals surface area (Å²) in [6.45, 7) is 8.12. The molecule has 98 valence electrons. The summed E-state index contributed by atoms with van der Waals surface area (Å²) in [5, 5.41) is 0. The van der Waals surface area contributed by atoms with Crippen molar-refractivity contribution in [3.63, 3.8) is 0 Å². The smallest absolute Gasteiger partial charge is 0.236 e. The van der Waals surface area contributed by atoms with Crippen molar-refractivity contribution in [2.45, 2.75) is 45.3 Å². The summed E-state index contributed by atoms with van der Waals surface area (Å²) in [6.07, 6.45) is 3.95. The summed E-state index contributed by atoms with van der Waals surface area (Å²) in [5.41, 5.74) is 0. The van der Waals surface area contributed by atoms with E-state index >= 15 is 0 Å². The van der Waals surface area contributed by atoms with E-state index in [1.54, 1.807) is 0 Å². The van der Waals surface area contributed by atoms with Crippen LogP contribution < -0.4 is 0 Å². The van der Waals surface area contributed by atoms with E-state index in [-0.39, 0.29) is 12.0 Å². The highest BCUT2D eigenvalue weighted by Gasteiger charge is 2.25. The molecule has 0 aliphatic carbocycles. The molecule has 2 rings (SSSR count). The van der Waals surface area contributed by atoms with Gasteiger partial charge >= 0.3 is 0 Å². The van der Waals surface area contributed by atoms with Gasteiger partial charge in [-0.3, -0.25) is 9.69 Å². The van der Waals surface area contributed by atoms with Gasteiger partial charge in [0.25, 0.3) is 0 Å². The lowest BCUT2D eigenvalue weighted by atomic mass is 10.0. The van der Waals surface area contributed by atoms with Crippen LogP contribution in [0.4, 0.5) is 0 Å². The molecule has 2 aliphatic rings. The molecule has 0 saturated carbocycles. The van der Waals surface area contributed by atoms with E-state index in [1.165, 1.54) is 19.3 Å². The number of morpholine rings is 1. The molecule has 0 spiro atoms. The SMILES string of the molecule is CC1CN(C(=O)CN2CCCCC2C)CCO1. The summed E-state index contributed by atoms with van der Waals surface area (Å²) < 4.78 is 5.46. The van der Waals surface area contributed by atoms with Crippen molar-refractivity contribution in [3.05, 3.63) is 0 Å². The van der Waals surface area contributed by atoms with Crippen molar-refractivity contribution in [2.24, 2.45) is 0 Å². The minimum absolute atomic E-state index is 0.187. The van der Waals surface area contributed by atoms with Crippen LogP contribution in [0.25, 0.3) is 0 Å². The van der Waals surface area contributed by atoms with Gasteiger partial charge in [0.05, 0.1) is 19.3 Å². The molecule has 2 heterocycles. The van der Waals surface area contributed by atoms with E-state index in [0.29, 0.717) is 19.2 Å². The van der Waals surface area contributed by atoms with Crippen molar-refractivity contribution >= 4 is 5.91 Å². The van der Waals surface area contributed by atoms with Crippen molar-refractivity contribution < 1.29 is 9.53 Å². The summed E-state index contributed by atoms with van der Waals surface area (Å²) >= 11 is 0. The molecule has 0 aromatic carbocycles. The predicted molar refractivity (Wildman–Crippen MR) is 66.9 cm³/mol. The van der Waals surface area contributed by atoms with Crippen molar-refractivity contribution in [3.8, 4) is 0 Å². The third-order valence-electron chi connectivity index (χ3n) is 3.87. The minimum Gasteiger partial charge on any atom is -0.375 e. The normalized spacial score (nSPS) is 31.5. The van der Waals surface area contributed by atoms with Crippen LogP contribution in [0, 0.1) is 0 Å². The van der Waals surface area contributed by atoms with Crippen molar-refractivity contribution in [1.82, 2.24) is 9.80 Å². The van der Waals surface area contributed by atoms with Crippen LogP contribution in [0.3, 0.4) is 0 Å². The van der Waals surface area contributed by atoms with E-state index in [1.807, 2.05) is 11.8 Å². The van der Waals surface area contributed by atoms with Crippen LogP contribution >= 0.6 is 0 Å². The summed E-state index contributed by atoms with van der Waals surface area (Å²) in [7, 11) is 0. The lowest BCUT2D eigenvalue weighted by Crippen LogP contribution is -2.50. The number of carbonyl (C=O) groups is 1. The third kappa shape index (κ3) is 3.42. The Labute approximate surface area is 104 Å². The number of rotatable bonds is 2. The molecule has 4 nitrogen and oxygen atoms in total. The number of nitrogens with zero attached hydrogens (tertiary/aromatic N) is 2. The van der Waals surface area contributed by atoms with Crippen LogP contribution in [0.15, 0.2) is 0 Å². The summed E-state index contributed by atoms with van der Waals surface area (Å²) in [5.74, 6) is 0.272. The van der Waals surface area contributed by atoms with E-state index < -0.39 is 0 Å². The van der Waals surface area contributed by atoms with Crippen LogP contribution in [0.5, 0.6) is 0 Å². The molecule has 2 saturated heterocycles. The zero-order valence-electron chi connectivity index (χ0n) is 11.0. The molecule has 2 atom stereocenters. The van der Waals surface area contributed by atoms with Crippen LogP contribution in [0.2, 0.25) is 0 Å². The van der Waals surface area contributed by atoms with Gasteiger partial charge in [-0.15, -0.1) is 0 Å². The zero-order valence-corrected chi connectivity index (χ0v) is 11.0. The Bertz CT molecular complexity index is 270. The molecular formula is C13H24N2O2. The predicted octanol–water partition coefficient (Wildman–Crippen LogP) is 1.11. The summed E-state index contributed by atoms with van der Waals surface area (Å²) in [6, 6.07) is 0.561. The highest BCUT2D eigenvalue weighted by atomic mass is 16.5. The van der Waals surface area contributed by atoms with Gasteiger partial charge in [0, 0.05) is 19.1 Å². The van der Waals surface area contributed by atoms with Gasteiger partial charge < -0.3 is 9.64 Å². The molecule has 17 heavy (non-hydrogen) atoms. The topological polar surface area (TPSA) is 32.8 Å². The highest BCUT2D eigenvalue weighted by molar-refractivity contribution is 5.78. The molecular weight excluding hydrogens is 216 g/mol. The first-order chi connectivity index (χ1) is 8.16. The first-order valence-corrected chi connectivity index (χ1v) is 6.80. The zero-order chi connectivity index (χ0) is 12.3. The van der Waals surface area contributed by atoms with Gasteiger partial charge in [0.1, 0.15) is 0 Å². The minimum atomic E-state index is 0.187. The first-order valence-electron chi connectivity index (χ1n) is 6.80. The van der Waals surface area contributed by atoms with E-state index in [2.05, 4.69) is 11.8 Å². The number of ether oxygens (including phenoxy) is 1. The Morgan fingerprint density at radius 3 is 2.82 bits per heavy atom. The van der Waals surface area contributed by atoms with Crippen molar-refractivity contribution in [2.75, 3.05) is 32.8 Å². The summed E-state index contributed by atoms with van der Waals surface area (Å²) in [4.78, 5) is 16.5. The Balaban J connectivity index is 1.83. The largest absolute Gasteiger partial charge is 0.375 e. The maximum atomic E-state index is 12.2. The number of likely N-dealkylation sites (tertiary alicyclic amines) is 1. The standard InChI is InChI=1S/C13H24N2O2/c1-11-5-3-4-6-14(11)10-13(16)15-7-8-17-12(2)9-15/h11-12H,3-10H2,1-2H3. The Hall–Kier alpha value is -0.610. The molecule has 2 unspecified atom stereocenters. The van der Waals surface area contributed by atoms with Crippen LogP contribution in [-0.4, -0.2) is 60.6 Å². The Kier molecular flexibility index (Phi) is 4.40. The number of hydrogen-bond donors (Lipinski definition) is 0. The van der Waals surface area contributed by atoms with E-state index in [0.717, 1.165) is 19.6 Å². The fourth-order valence-corrected chi connectivity index (χ4v) is 2.71. The lowest BCUT2D eigenvalue weighted by molar-refractivity contribution is -0.140. The van der Waals surface area contributed by atoms with Gasteiger partial charge in [-0.1, -0.05) is 6.42 Å². The fraction of sp³-hybridized carbons (Fsp3) is 0.923. The molecule has 0 bridgehead atoms. The molecule has 2 fully saturated rings. The fourth-order valence-electron chi connectivity index (χ4n) is 2.71. The highest BCUT2D eigenvalue weighted by Crippen LogP contribution is 2.16. The average molecular weight is 240 g/mol. The van der Waals surface area contributed by atoms with E-state index in [4.69, 9.17) is 4.74 Å². The van der Waals surface area contributed by atoms with E-state index in [9.17, 15) is 4.79 Å². The quantitative estimate of drug-likeness (QED) is 0.725. The number of amides is 1. The van der Waals surface area contributed by atoms with Crippen LogP contribution in [0.1, 0.15) is 33.1 Å². The molecule has 0 radical (unpaired) electrons. The molecule has 2 aliphatic heterocycles. The molecule has 0 aromatic rings. The Morgan fingerprint density at radius 2 is 2.12 bits per heavy atom. The van der Waals surface area contributed by atoms with Gasteiger partial charge in [-0.25, -0.2) is 0 Å². The molecule has 1 amide bonds. The molecule has 4 heteroatoms. The third-order valence-corrected chi connectivity index (χ3v) is 3.87.